The first-order chi connectivity index (χ1) is 7.13. The van der Waals surface area contributed by atoms with Gasteiger partial charge in [-0.3, -0.25) is 4.79 Å². The first kappa shape index (κ1) is 12.6. The lowest BCUT2D eigenvalue weighted by Gasteiger charge is -2.08. The van der Waals surface area contributed by atoms with E-state index in [2.05, 4.69) is 13.8 Å². The van der Waals surface area contributed by atoms with Crippen molar-refractivity contribution in [3.8, 4) is 0 Å². The number of halogens is 1. The van der Waals surface area contributed by atoms with Gasteiger partial charge >= 0.3 is 0 Å². The molecule has 0 radical (unpaired) electrons. The minimum atomic E-state index is 0.110. The summed E-state index contributed by atoms with van der Waals surface area (Å²) in [6, 6.07) is 7.11. The van der Waals surface area contributed by atoms with E-state index in [1.54, 1.807) is 24.3 Å². The molecule has 1 nitrogen and oxygen atoms in total. The van der Waals surface area contributed by atoms with E-state index in [-0.39, 0.29) is 5.12 Å². The maximum absolute atomic E-state index is 11.8. The fraction of sp³-hybridized carbons (Fsp3) is 0.417. The highest BCUT2D eigenvalue weighted by Crippen LogP contribution is 2.22. The van der Waals surface area contributed by atoms with Gasteiger partial charge in [0.15, 0.2) is 0 Å². The summed E-state index contributed by atoms with van der Waals surface area (Å²) in [6.07, 6.45) is 2.17. The third-order valence-electron chi connectivity index (χ3n) is 2.06. The van der Waals surface area contributed by atoms with Crippen molar-refractivity contribution in [2.24, 2.45) is 0 Å². The van der Waals surface area contributed by atoms with Gasteiger partial charge in [0.25, 0.3) is 0 Å². The van der Waals surface area contributed by atoms with Crippen LogP contribution in [0.4, 0.5) is 0 Å². The van der Waals surface area contributed by atoms with Crippen LogP contribution in [0.5, 0.6) is 0 Å². The van der Waals surface area contributed by atoms with Crippen molar-refractivity contribution >= 4 is 28.5 Å². The molecule has 1 aromatic carbocycles. The van der Waals surface area contributed by atoms with Gasteiger partial charge in [0.2, 0.25) is 5.12 Å². The average molecular weight is 243 g/mol. The number of thioether (sulfide) groups is 1. The molecule has 15 heavy (non-hydrogen) atoms. The summed E-state index contributed by atoms with van der Waals surface area (Å²) in [4.78, 5) is 11.8. The molecule has 0 heterocycles. The number of rotatable bonds is 4. The third kappa shape index (κ3) is 4.27. The summed E-state index contributed by atoms with van der Waals surface area (Å²) in [6.45, 7) is 4.21. The molecule has 0 N–H and O–H groups in total. The molecule has 0 bridgehead atoms. The highest BCUT2D eigenvalue weighted by molar-refractivity contribution is 8.14. The number of carbonyl (C=O) groups is 1. The Morgan fingerprint density at radius 3 is 2.87 bits per heavy atom. The summed E-state index contributed by atoms with van der Waals surface area (Å²) in [5.74, 6) is 0. The van der Waals surface area contributed by atoms with Gasteiger partial charge < -0.3 is 0 Å². The van der Waals surface area contributed by atoms with Gasteiger partial charge in [-0.15, -0.1) is 0 Å². The lowest BCUT2D eigenvalue weighted by Crippen LogP contribution is -2.02. The molecule has 1 unspecified atom stereocenters. The topological polar surface area (TPSA) is 17.1 Å². The second kappa shape index (κ2) is 6.19. The standard InChI is InChI=1S/C12H15ClOS/c1-3-5-9(2)15-12(14)10-6-4-7-11(13)8-10/h4,6-9H,3,5H2,1-2H3. The second-order valence-electron chi connectivity index (χ2n) is 3.51. The van der Waals surface area contributed by atoms with Crippen LogP contribution in [-0.4, -0.2) is 10.4 Å². The maximum atomic E-state index is 11.8. The maximum Gasteiger partial charge on any atom is 0.219 e. The molecule has 0 spiro atoms. The molecule has 0 aliphatic heterocycles. The Hall–Kier alpha value is -0.470. The molecule has 0 amide bonds. The van der Waals surface area contributed by atoms with Crippen molar-refractivity contribution in [3.05, 3.63) is 34.9 Å². The minimum Gasteiger partial charge on any atom is -0.282 e. The molecule has 0 fully saturated rings. The Labute approximate surface area is 100 Å². The molecule has 0 aromatic heterocycles. The molecule has 82 valence electrons. The molecular weight excluding hydrogens is 228 g/mol. The van der Waals surface area contributed by atoms with Crippen LogP contribution in [0, 0.1) is 0 Å². The van der Waals surface area contributed by atoms with Gasteiger partial charge in [0.1, 0.15) is 0 Å². The van der Waals surface area contributed by atoms with Crippen LogP contribution in [-0.2, 0) is 0 Å². The summed E-state index contributed by atoms with van der Waals surface area (Å²) in [5.41, 5.74) is 0.690. The number of carbonyl (C=O) groups excluding carboxylic acids is 1. The van der Waals surface area contributed by atoms with E-state index in [0.29, 0.717) is 15.8 Å². The zero-order valence-electron chi connectivity index (χ0n) is 9.00. The number of benzene rings is 1. The van der Waals surface area contributed by atoms with Crippen molar-refractivity contribution in [2.45, 2.75) is 31.9 Å². The zero-order chi connectivity index (χ0) is 11.3. The fourth-order valence-electron chi connectivity index (χ4n) is 1.33. The predicted octanol–water partition coefficient (Wildman–Crippen LogP) is 4.40. The summed E-state index contributed by atoms with van der Waals surface area (Å²) in [7, 11) is 0. The summed E-state index contributed by atoms with van der Waals surface area (Å²) >= 11 is 7.21. The first-order valence-electron chi connectivity index (χ1n) is 5.10. The average Bonchev–Trinajstić information content (AvgIpc) is 2.18. The molecule has 0 saturated heterocycles. The molecule has 3 heteroatoms. The SMILES string of the molecule is CCCC(C)SC(=O)c1cccc(Cl)c1. The second-order valence-corrected chi connectivity index (χ2v) is 5.36. The van der Waals surface area contributed by atoms with Crippen LogP contribution in [0.3, 0.4) is 0 Å². The van der Waals surface area contributed by atoms with Gasteiger partial charge in [-0.05, 0) is 18.6 Å². The lowest BCUT2D eigenvalue weighted by atomic mass is 10.2. The van der Waals surface area contributed by atoms with Gasteiger partial charge in [-0.2, -0.15) is 0 Å². The minimum absolute atomic E-state index is 0.110. The number of hydrogen-bond donors (Lipinski definition) is 0. The normalized spacial score (nSPS) is 12.5. The van der Waals surface area contributed by atoms with E-state index in [1.165, 1.54) is 11.8 Å². The molecule has 1 atom stereocenters. The Balaban J connectivity index is 2.61. The fourth-order valence-corrected chi connectivity index (χ4v) is 2.50. The van der Waals surface area contributed by atoms with Crippen molar-refractivity contribution < 1.29 is 4.79 Å². The highest BCUT2D eigenvalue weighted by Gasteiger charge is 2.11. The van der Waals surface area contributed by atoms with Gasteiger partial charge in [-0.1, -0.05) is 55.8 Å². The van der Waals surface area contributed by atoms with Crippen molar-refractivity contribution in [3.63, 3.8) is 0 Å². The van der Waals surface area contributed by atoms with Gasteiger partial charge in [0.05, 0.1) is 0 Å². The third-order valence-corrected chi connectivity index (χ3v) is 3.39. The molecule has 0 saturated carbocycles. The van der Waals surface area contributed by atoms with Gasteiger partial charge in [-0.25, -0.2) is 0 Å². The summed E-state index contributed by atoms with van der Waals surface area (Å²) < 4.78 is 0. The highest BCUT2D eigenvalue weighted by atomic mass is 35.5. The van der Waals surface area contributed by atoms with Crippen LogP contribution < -0.4 is 0 Å². The van der Waals surface area contributed by atoms with Crippen LogP contribution >= 0.6 is 23.4 Å². The van der Waals surface area contributed by atoms with E-state index in [4.69, 9.17) is 11.6 Å². The lowest BCUT2D eigenvalue weighted by molar-refractivity contribution is 0.108. The molecule has 0 aliphatic rings. The Kier molecular flexibility index (Phi) is 5.20. The Bertz CT molecular complexity index is 338. The Morgan fingerprint density at radius 1 is 1.53 bits per heavy atom. The van der Waals surface area contributed by atoms with E-state index in [1.807, 2.05) is 0 Å². The van der Waals surface area contributed by atoms with E-state index < -0.39 is 0 Å². The molecule has 1 rings (SSSR count). The summed E-state index contributed by atoms with van der Waals surface area (Å²) in [5, 5.41) is 1.10. The van der Waals surface area contributed by atoms with Crippen LogP contribution in [0.2, 0.25) is 5.02 Å². The quantitative estimate of drug-likeness (QED) is 0.778. The molecule has 0 aliphatic carbocycles. The van der Waals surface area contributed by atoms with E-state index in [0.717, 1.165) is 12.8 Å². The largest absolute Gasteiger partial charge is 0.282 e. The Morgan fingerprint density at radius 2 is 2.27 bits per heavy atom. The van der Waals surface area contributed by atoms with Crippen molar-refractivity contribution in [1.29, 1.82) is 0 Å². The molecule has 1 aromatic rings. The van der Waals surface area contributed by atoms with Crippen molar-refractivity contribution in [1.82, 2.24) is 0 Å². The monoisotopic (exact) mass is 242 g/mol. The van der Waals surface area contributed by atoms with E-state index in [9.17, 15) is 4.79 Å². The van der Waals surface area contributed by atoms with Crippen LogP contribution in [0.25, 0.3) is 0 Å². The van der Waals surface area contributed by atoms with Crippen LogP contribution in [0.15, 0.2) is 24.3 Å². The zero-order valence-corrected chi connectivity index (χ0v) is 10.6. The smallest absolute Gasteiger partial charge is 0.219 e. The first-order valence-corrected chi connectivity index (χ1v) is 6.35. The predicted molar refractivity (Wildman–Crippen MR) is 67.7 cm³/mol. The van der Waals surface area contributed by atoms with Crippen molar-refractivity contribution in [2.75, 3.05) is 0 Å². The molecular formula is C12H15ClOS. The number of hydrogen-bond acceptors (Lipinski definition) is 2. The van der Waals surface area contributed by atoms with E-state index >= 15 is 0 Å². The van der Waals surface area contributed by atoms with Gasteiger partial charge in [0, 0.05) is 15.8 Å². The van der Waals surface area contributed by atoms with Crippen LogP contribution in [0.1, 0.15) is 37.0 Å².